The molecule has 2 saturated carbocycles. The Morgan fingerprint density at radius 1 is 1.00 bits per heavy atom. The molecule has 4 rings (SSSR count). The molecule has 0 bridgehead atoms. The van der Waals surface area contributed by atoms with Crippen molar-refractivity contribution < 1.29 is 22.7 Å². The molecule has 2 aliphatic carbocycles. The van der Waals surface area contributed by atoms with Gasteiger partial charge in [0.1, 0.15) is 0 Å². The van der Waals surface area contributed by atoms with Crippen LogP contribution < -0.4 is 0 Å². The molecule has 1 atom stereocenters. The van der Waals surface area contributed by atoms with Gasteiger partial charge in [0.05, 0.1) is 16.9 Å². The topological polar surface area (TPSA) is 80.8 Å². The number of esters is 1. The fourth-order valence-corrected chi connectivity index (χ4v) is 6.83. The van der Waals surface area contributed by atoms with E-state index in [0.29, 0.717) is 6.42 Å². The molecular weight excluding hydrogens is 390 g/mol. The third kappa shape index (κ3) is 4.06. The molecule has 3 fully saturated rings. The van der Waals surface area contributed by atoms with Crippen molar-refractivity contribution in [2.75, 3.05) is 18.1 Å². The minimum atomic E-state index is -3.09. The highest BCUT2D eigenvalue weighted by Gasteiger charge is 2.47. The number of hydrogen-bond donors (Lipinski definition) is 0. The van der Waals surface area contributed by atoms with Crippen molar-refractivity contribution in [1.29, 1.82) is 0 Å². The van der Waals surface area contributed by atoms with E-state index in [0.717, 1.165) is 50.5 Å². The van der Waals surface area contributed by atoms with Crippen molar-refractivity contribution in [3.8, 4) is 0 Å². The Kier molecular flexibility index (Phi) is 5.69. The van der Waals surface area contributed by atoms with Gasteiger partial charge < -0.3 is 9.64 Å². The zero-order valence-corrected chi connectivity index (χ0v) is 17.5. The molecule has 1 aliphatic heterocycles. The average molecular weight is 420 g/mol. The van der Waals surface area contributed by atoms with Crippen LogP contribution in [0, 0.1) is 0 Å². The largest absolute Gasteiger partial charge is 0.455 e. The smallest absolute Gasteiger partial charge is 0.317 e. The first-order valence-corrected chi connectivity index (χ1v) is 12.5. The maximum absolute atomic E-state index is 13.1. The maximum Gasteiger partial charge on any atom is 0.317 e. The second kappa shape index (κ2) is 8.09. The van der Waals surface area contributed by atoms with Gasteiger partial charge >= 0.3 is 5.97 Å². The van der Waals surface area contributed by atoms with E-state index < -0.39 is 15.3 Å². The molecule has 6 nitrogen and oxygen atoms in total. The van der Waals surface area contributed by atoms with Crippen LogP contribution in [-0.4, -0.2) is 55.4 Å². The number of rotatable bonds is 6. The first-order chi connectivity index (χ1) is 13.9. The van der Waals surface area contributed by atoms with Gasteiger partial charge in [-0.15, -0.1) is 0 Å². The summed E-state index contributed by atoms with van der Waals surface area (Å²) in [5, 5.41) is 0. The van der Waals surface area contributed by atoms with E-state index >= 15 is 0 Å². The van der Waals surface area contributed by atoms with Crippen molar-refractivity contribution in [2.45, 2.75) is 68.9 Å². The molecule has 1 unspecified atom stereocenters. The first kappa shape index (κ1) is 20.4. The summed E-state index contributed by atoms with van der Waals surface area (Å²) in [4.78, 5) is 27.7. The third-order valence-corrected chi connectivity index (χ3v) is 8.61. The molecule has 7 heteroatoms. The number of nitrogens with zero attached hydrogens (tertiary/aromatic N) is 1. The van der Waals surface area contributed by atoms with E-state index in [1.54, 1.807) is 4.90 Å². The minimum Gasteiger partial charge on any atom is -0.455 e. The van der Waals surface area contributed by atoms with Crippen LogP contribution in [0.5, 0.6) is 0 Å². The quantitative estimate of drug-likeness (QED) is 0.662. The number of hydrogen-bond acceptors (Lipinski definition) is 5. The Labute approximate surface area is 172 Å². The lowest BCUT2D eigenvalue weighted by atomic mass is 9.64. The minimum absolute atomic E-state index is 0.0249. The fraction of sp³-hybridized carbons (Fsp3) is 0.636. The Hall–Kier alpha value is -1.89. The van der Waals surface area contributed by atoms with E-state index in [-0.39, 0.29) is 42.1 Å². The summed E-state index contributed by atoms with van der Waals surface area (Å²) in [6, 6.07) is 9.39. The van der Waals surface area contributed by atoms with Crippen LogP contribution in [0.3, 0.4) is 0 Å². The third-order valence-electron chi connectivity index (χ3n) is 6.86. The van der Waals surface area contributed by atoms with Gasteiger partial charge in [0.25, 0.3) is 5.91 Å². The predicted molar refractivity (Wildman–Crippen MR) is 109 cm³/mol. The average Bonchev–Trinajstić information content (AvgIpc) is 3.30. The molecule has 158 valence electrons. The lowest BCUT2D eigenvalue weighted by molar-refractivity contribution is -0.161. The molecule has 1 aromatic carbocycles. The van der Waals surface area contributed by atoms with Crippen LogP contribution in [-0.2, 0) is 29.6 Å². The SMILES string of the molecule is O=C(COC(=O)C1(c2ccccc2)CCC1)N(C1CCCC1)C1CCS(=O)(=O)C1. The summed E-state index contributed by atoms with van der Waals surface area (Å²) in [5.41, 5.74) is 0.300. The van der Waals surface area contributed by atoms with Gasteiger partial charge in [-0.2, -0.15) is 0 Å². The molecule has 3 aliphatic rings. The molecular formula is C22H29NO5S. The number of carbonyl (C=O) groups excluding carboxylic acids is 2. The lowest BCUT2D eigenvalue weighted by Crippen LogP contribution is -2.50. The van der Waals surface area contributed by atoms with Crippen LogP contribution in [0.2, 0.25) is 0 Å². The Balaban J connectivity index is 1.44. The van der Waals surface area contributed by atoms with E-state index in [4.69, 9.17) is 4.74 Å². The van der Waals surface area contributed by atoms with Crippen LogP contribution in [0.4, 0.5) is 0 Å². The van der Waals surface area contributed by atoms with Gasteiger partial charge in [0.2, 0.25) is 0 Å². The van der Waals surface area contributed by atoms with Gasteiger partial charge in [-0.05, 0) is 37.7 Å². The normalized spacial score (nSPS) is 25.3. The second-order valence-electron chi connectivity index (χ2n) is 8.67. The first-order valence-electron chi connectivity index (χ1n) is 10.7. The molecule has 1 saturated heterocycles. The molecule has 1 amide bonds. The molecule has 29 heavy (non-hydrogen) atoms. The molecule has 0 spiro atoms. The van der Waals surface area contributed by atoms with E-state index in [1.807, 2.05) is 30.3 Å². The fourth-order valence-electron chi connectivity index (χ4n) is 5.12. The molecule has 0 radical (unpaired) electrons. The van der Waals surface area contributed by atoms with Gasteiger partial charge in [-0.25, -0.2) is 8.42 Å². The standard InChI is InChI=1S/C22H29NO5S/c24-20(23(18-9-4-5-10-18)19-11-14-29(26,27)16-19)15-28-21(25)22(12-6-13-22)17-7-2-1-3-8-17/h1-3,7-8,18-19H,4-6,9-16H2. The van der Waals surface area contributed by atoms with Gasteiger partial charge in [0, 0.05) is 12.1 Å². The highest BCUT2D eigenvalue weighted by molar-refractivity contribution is 7.91. The molecule has 0 N–H and O–H groups in total. The zero-order chi connectivity index (χ0) is 20.5. The van der Waals surface area contributed by atoms with Crippen molar-refractivity contribution in [3.63, 3.8) is 0 Å². The zero-order valence-electron chi connectivity index (χ0n) is 16.7. The summed E-state index contributed by atoms with van der Waals surface area (Å²) < 4.78 is 29.5. The monoisotopic (exact) mass is 419 g/mol. The van der Waals surface area contributed by atoms with Crippen molar-refractivity contribution in [3.05, 3.63) is 35.9 Å². The van der Waals surface area contributed by atoms with Crippen LogP contribution in [0.25, 0.3) is 0 Å². The van der Waals surface area contributed by atoms with Crippen LogP contribution in [0.15, 0.2) is 30.3 Å². The van der Waals surface area contributed by atoms with Crippen LogP contribution in [0.1, 0.15) is 56.9 Å². The van der Waals surface area contributed by atoms with E-state index in [1.165, 1.54) is 0 Å². The van der Waals surface area contributed by atoms with Gasteiger partial charge in [-0.1, -0.05) is 49.6 Å². The van der Waals surface area contributed by atoms with Gasteiger partial charge in [-0.3, -0.25) is 9.59 Å². The van der Waals surface area contributed by atoms with E-state index in [2.05, 4.69) is 0 Å². The number of benzene rings is 1. The molecule has 0 aromatic heterocycles. The number of sulfone groups is 1. The lowest BCUT2D eigenvalue weighted by Gasteiger charge is -2.40. The van der Waals surface area contributed by atoms with E-state index in [9.17, 15) is 18.0 Å². The van der Waals surface area contributed by atoms with Gasteiger partial charge in [0.15, 0.2) is 16.4 Å². The van der Waals surface area contributed by atoms with Crippen LogP contribution >= 0.6 is 0 Å². The number of carbonyl (C=O) groups is 2. The van der Waals surface area contributed by atoms with Crippen molar-refractivity contribution in [2.24, 2.45) is 0 Å². The number of amides is 1. The maximum atomic E-state index is 13.1. The van der Waals surface area contributed by atoms with Crippen molar-refractivity contribution in [1.82, 2.24) is 4.90 Å². The Morgan fingerprint density at radius 3 is 2.24 bits per heavy atom. The summed E-state index contributed by atoms with van der Waals surface area (Å²) in [7, 11) is -3.09. The highest BCUT2D eigenvalue weighted by atomic mass is 32.2. The Bertz CT molecular complexity index is 856. The number of ether oxygens (including phenoxy) is 1. The molecule has 1 heterocycles. The van der Waals surface area contributed by atoms with Crippen molar-refractivity contribution >= 4 is 21.7 Å². The predicted octanol–water partition coefficient (Wildman–Crippen LogP) is 2.61. The summed E-state index contributed by atoms with van der Waals surface area (Å²) in [6.45, 7) is -0.305. The second-order valence-corrected chi connectivity index (χ2v) is 10.9. The Morgan fingerprint density at radius 2 is 1.69 bits per heavy atom. The molecule has 1 aromatic rings. The summed E-state index contributed by atoms with van der Waals surface area (Å²) in [6.07, 6.45) is 6.79. The highest BCUT2D eigenvalue weighted by Crippen LogP contribution is 2.44. The summed E-state index contributed by atoms with van der Waals surface area (Å²) >= 11 is 0. The summed E-state index contributed by atoms with van der Waals surface area (Å²) in [5.74, 6) is -0.439.